The molecule has 0 aliphatic rings. The average Bonchev–Trinajstić information content (AvgIpc) is 2.82. The standard InChI is InChI=1S/C12H12N4S2/c1-7-5-11(16(2)15-7)18-12-14-9-4-3-8(13)6-10(9)17-12/h3-6H,13H2,1-2H3. The molecule has 0 atom stereocenters. The maximum absolute atomic E-state index is 5.77. The fraction of sp³-hybridized carbons (Fsp3) is 0.167. The average molecular weight is 276 g/mol. The lowest BCUT2D eigenvalue weighted by Crippen LogP contribution is -1.91. The minimum atomic E-state index is 0.777. The molecule has 6 heteroatoms. The fourth-order valence-electron chi connectivity index (χ4n) is 1.74. The summed E-state index contributed by atoms with van der Waals surface area (Å²) in [7, 11) is 1.95. The van der Waals surface area contributed by atoms with Crippen molar-refractivity contribution in [2.75, 3.05) is 5.73 Å². The number of anilines is 1. The van der Waals surface area contributed by atoms with Crippen LogP contribution < -0.4 is 5.73 Å². The van der Waals surface area contributed by atoms with Gasteiger partial charge in [0.1, 0.15) is 5.03 Å². The molecule has 3 rings (SSSR count). The van der Waals surface area contributed by atoms with E-state index in [2.05, 4.69) is 16.1 Å². The highest BCUT2D eigenvalue weighted by molar-refractivity contribution is 8.01. The predicted molar refractivity (Wildman–Crippen MR) is 76.1 cm³/mol. The van der Waals surface area contributed by atoms with Gasteiger partial charge in [-0.2, -0.15) is 5.10 Å². The topological polar surface area (TPSA) is 56.7 Å². The number of rotatable bonds is 2. The van der Waals surface area contributed by atoms with Crippen LogP contribution in [0.3, 0.4) is 0 Å². The van der Waals surface area contributed by atoms with Gasteiger partial charge in [-0.05, 0) is 43.0 Å². The van der Waals surface area contributed by atoms with Crippen LogP contribution in [0.15, 0.2) is 33.6 Å². The van der Waals surface area contributed by atoms with Gasteiger partial charge in [-0.25, -0.2) is 4.98 Å². The maximum Gasteiger partial charge on any atom is 0.157 e. The molecule has 0 bridgehead atoms. The van der Waals surface area contributed by atoms with E-state index in [-0.39, 0.29) is 0 Å². The van der Waals surface area contributed by atoms with Crippen LogP contribution >= 0.6 is 23.1 Å². The summed E-state index contributed by atoms with van der Waals surface area (Å²) in [4.78, 5) is 4.58. The lowest BCUT2D eigenvalue weighted by molar-refractivity contribution is 0.692. The molecule has 2 aromatic heterocycles. The highest BCUT2D eigenvalue weighted by Crippen LogP contribution is 2.34. The first-order valence-corrected chi connectivity index (χ1v) is 7.10. The van der Waals surface area contributed by atoms with Gasteiger partial charge in [0.05, 0.1) is 15.9 Å². The van der Waals surface area contributed by atoms with Crippen molar-refractivity contribution in [2.45, 2.75) is 16.3 Å². The van der Waals surface area contributed by atoms with E-state index < -0.39 is 0 Å². The molecule has 1 aromatic carbocycles. The quantitative estimate of drug-likeness (QED) is 0.731. The lowest BCUT2D eigenvalue weighted by Gasteiger charge is -1.96. The first kappa shape index (κ1) is 11.6. The smallest absolute Gasteiger partial charge is 0.157 e. The van der Waals surface area contributed by atoms with Gasteiger partial charge in [-0.15, -0.1) is 11.3 Å². The predicted octanol–water partition coefficient (Wildman–Crippen LogP) is 3.07. The second-order valence-electron chi connectivity index (χ2n) is 4.06. The van der Waals surface area contributed by atoms with E-state index in [9.17, 15) is 0 Å². The number of nitrogens with two attached hydrogens (primary N) is 1. The van der Waals surface area contributed by atoms with Crippen molar-refractivity contribution >= 4 is 39.0 Å². The molecule has 18 heavy (non-hydrogen) atoms. The number of hydrogen-bond donors (Lipinski definition) is 1. The van der Waals surface area contributed by atoms with E-state index in [0.29, 0.717) is 0 Å². The highest BCUT2D eigenvalue weighted by atomic mass is 32.2. The first-order chi connectivity index (χ1) is 8.61. The Bertz CT molecular complexity index is 714. The molecule has 4 nitrogen and oxygen atoms in total. The second kappa shape index (κ2) is 4.29. The Labute approximate surface area is 113 Å². The lowest BCUT2D eigenvalue weighted by atomic mass is 10.3. The van der Waals surface area contributed by atoms with Crippen molar-refractivity contribution in [3.8, 4) is 0 Å². The van der Waals surface area contributed by atoms with Gasteiger partial charge in [-0.1, -0.05) is 0 Å². The Morgan fingerprint density at radius 3 is 2.89 bits per heavy atom. The van der Waals surface area contributed by atoms with E-state index >= 15 is 0 Å². The van der Waals surface area contributed by atoms with Crippen molar-refractivity contribution in [3.63, 3.8) is 0 Å². The largest absolute Gasteiger partial charge is 0.399 e. The molecule has 0 unspecified atom stereocenters. The van der Waals surface area contributed by atoms with E-state index in [0.717, 1.165) is 31.0 Å². The molecule has 92 valence electrons. The maximum atomic E-state index is 5.77. The summed E-state index contributed by atoms with van der Waals surface area (Å²) in [6.07, 6.45) is 0. The number of nitrogen functional groups attached to an aromatic ring is 1. The molecule has 2 heterocycles. The molecule has 0 spiro atoms. The Balaban J connectivity index is 1.97. The Morgan fingerprint density at radius 2 is 2.17 bits per heavy atom. The van der Waals surface area contributed by atoms with E-state index in [4.69, 9.17) is 5.73 Å². The third-order valence-electron chi connectivity index (χ3n) is 2.54. The van der Waals surface area contributed by atoms with Crippen LogP contribution in [0.1, 0.15) is 5.69 Å². The van der Waals surface area contributed by atoms with Gasteiger partial charge >= 0.3 is 0 Å². The minimum Gasteiger partial charge on any atom is -0.399 e. The van der Waals surface area contributed by atoms with E-state index in [1.165, 1.54) is 0 Å². The third-order valence-corrected chi connectivity index (χ3v) is 4.71. The minimum absolute atomic E-state index is 0.777. The molecule has 0 aliphatic heterocycles. The molecular formula is C12H12N4S2. The van der Waals surface area contributed by atoms with Crippen LogP contribution in [-0.4, -0.2) is 14.8 Å². The van der Waals surface area contributed by atoms with Crippen LogP contribution in [0.25, 0.3) is 10.2 Å². The third kappa shape index (κ3) is 2.09. The van der Waals surface area contributed by atoms with Crippen LogP contribution in [0.5, 0.6) is 0 Å². The fourth-order valence-corrected chi connectivity index (χ4v) is 3.90. The summed E-state index contributed by atoms with van der Waals surface area (Å²) in [6, 6.07) is 7.86. The molecule has 0 radical (unpaired) electrons. The highest BCUT2D eigenvalue weighted by Gasteiger charge is 2.09. The first-order valence-electron chi connectivity index (χ1n) is 5.46. The molecular weight excluding hydrogens is 264 g/mol. The number of fused-ring (bicyclic) bond motifs is 1. The number of aromatic nitrogens is 3. The number of benzene rings is 1. The zero-order valence-electron chi connectivity index (χ0n) is 10.0. The van der Waals surface area contributed by atoms with Crippen LogP contribution in [0, 0.1) is 6.92 Å². The summed E-state index contributed by atoms with van der Waals surface area (Å²) >= 11 is 3.29. The van der Waals surface area contributed by atoms with Crippen molar-refractivity contribution in [1.29, 1.82) is 0 Å². The van der Waals surface area contributed by atoms with Crippen LogP contribution in [0.4, 0.5) is 5.69 Å². The van der Waals surface area contributed by atoms with Gasteiger partial charge in [0.2, 0.25) is 0 Å². The van der Waals surface area contributed by atoms with Gasteiger partial charge in [0, 0.05) is 12.7 Å². The zero-order valence-corrected chi connectivity index (χ0v) is 11.7. The van der Waals surface area contributed by atoms with Gasteiger partial charge in [0.15, 0.2) is 4.34 Å². The zero-order chi connectivity index (χ0) is 12.7. The van der Waals surface area contributed by atoms with Crippen molar-refractivity contribution in [1.82, 2.24) is 14.8 Å². The molecule has 0 fully saturated rings. The monoisotopic (exact) mass is 276 g/mol. The van der Waals surface area contributed by atoms with E-state index in [1.54, 1.807) is 23.1 Å². The van der Waals surface area contributed by atoms with Gasteiger partial charge in [0.25, 0.3) is 0 Å². The summed E-state index contributed by atoms with van der Waals surface area (Å²) in [5.41, 5.74) is 8.56. The number of nitrogens with zero attached hydrogens (tertiary/aromatic N) is 3. The second-order valence-corrected chi connectivity index (χ2v) is 6.35. The Kier molecular flexibility index (Phi) is 2.76. The molecule has 0 saturated carbocycles. The normalized spacial score (nSPS) is 11.2. The summed E-state index contributed by atoms with van der Waals surface area (Å²) in [5, 5.41) is 5.42. The summed E-state index contributed by atoms with van der Waals surface area (Å²) in [5.74, 6) is 0. The van der Waals surface area contributed by atoms with Crippen molar-refractivity contribution in [2.24, 2.45) is 7.05 Å². The molecule has 0 aliphatic carbocycles. The summed E-state index contributed by atoms with van der Waals surface area (Å²) in [6.45, 7) is 1.99. The van der Waals surface area contributed by atoms with Crippen LogP contribution in [-0.2, 0) is 7.05 Å². The molecule has 0 amide bonds. The number of aryl methyl sites for hydroxylation is 2. The van der Waals surface area contributed by atoms with E-state index in [1.807, 2.05) is 36.9 Å². The Hall–Kier alpha value is -1.53. The SMILES string of the molecule is Cc1cc(Sc2nc3ccc(N)cc3s2)n(C)n1. The Morgan fingerprint density at radius 1 is 1.33 bits per heavy atom. The summed E-state index contributed by atoms with van der Waals surface area (Å²) < 4.78 is 4.01. The van der Waals surface area contributed by atoms with Crippen molar-refractivity contribution < 1.29 is 0 Å². The molecule has 2 N–H and O–H groups in total. The van der Waals surface area contributed by atoms with Gasteiger partial charge in [-0.3, -0.25) is 4.68 Å². The number of thiazole rings is 1. The number of hydrogen-bond acceptors (Lipinski definition) is 5. The van der Waals surface area contributed by atoms with Crippen molar-refractivity contribution in [3.05, 3.63) is 30.0 Å². The van der Waals surface area contributed by atoms with Crippen LogP contribution in [0.2, 0.25) is 0 Å². The molecule has 0 saturated heterocycles. The molecule has 3 aromatic rings. The van der Waals surface area contributed by atoms with Gasteiger partial charge < -0.3 is 5.73 Å².